The minimum atomic E-state index is -3.44. The number of amides is 1. The summed E-state index contributed by atoms with van der Waals surface area (Å²) in [5.74, 6) is -0.684. The second-order valence-electron chi connectivity index (χ2n) is 7.51. The lowest BCUT2D eigenvalue weighted by Crippen LogP contribution is -2.29. The van der Waals surface area contributed by atoms with E-state index in [1.54, 1.807) is 42.5 Å². The van der Waals surface area contributed by atoms with Crippen molar-refractivity contribution in [1.82, 2.24) is 10.3 Å². The van der Waals surface area contributed by atoms with Crippen LogP contribution in [0.4, 0.5) is 4.39 Å². The molecule has 32 heavy (non-hydrogen) atoms. The highest BCUT2D eigenvalue weighted by Gasteiger charge is 2.16. The first-order valence-corrected chi connectivity index (χ1v) is 12.0. The fourth-order valence-electron chi connectivity index (χ4n) is 3.72. The first-order valence-electron chi connectivity index (χ1n) is 10.3. The number of aryl methyl sites for hydroxylation is 1. The number of halogens is 1. The van der Waals surface area contributed by atoms with Gasteiger partial charge in [-0.3, -0.25) is 4.79 Å². The van der Waals surface area contributed by atoms with Crippen molar-refractivity contribution in [3.8, 4) is 11.3 Å². The highest BCUT2D eigenvalue weighted by Crippen LogP contribution is 2.31. The van der Waals surface area contributed by atoms with Gasteiger partial charge in [0.15, 0.2) is 9.84 Å². The molecule has 0 fully saturated rings. The minimum absolute atomic E-state index is 0.0504. The third-order valence-electron chi connectivity index (χ3n) is 5.34. The molecule has 0 radical (unpaired) electrons. The smallest absolute Gasteiger partial charge is 0.220 e. The summed E-state index contributed by atoms with van der Waals surface area (Å²) in [4.78, 5) is 16.0. The molecule has 0 spiro atoms. The van der Waals surface area contributed by atoms with E-state index in [1.807, 2.05) is 24.3 Å². The molecule has 0 bridgehead atoms. The van der Waals surface area contributed by atoms with E-state index in [0.717, 1.165) is 27.7 Å². The minimum Gasteiger partial charge on any atom is -0.355 e. The Morgan fingerprint density at radius 2 is 1.59 bits per heavy atom. The largest absolute Gasteiger partial charge is 0.355 e. The first kappa shape index (κ1) is 21.8. The van der Waals surface area contributed by atoms with Crippen LogP contribution in [0.15, 0.2) is 83.8 Å². The molecule has 0 atom stereocenters. The van der Waals surface area contributed by atoms with Crippen molar-refractivity contribution in [2.45, 2.75) is 17.7 Å². The summed E-state index contributed by atoms with van der Waals surface area (Å²) in [7, 11) is -3.44. The second-order valence-corrected chi connectivity index (χ2v) is 9.62. The second kappa shape index (κ2) is 9.36. The predicted octanol–water partition coefficient (Wildman–Crippen LogP) is 4.50. The number of benzene rings is 3. The van der Waals surface area contributed by atoms with Crippen molar-refractivity contribution in [2.24, 2.45) is 0 Å². The highest BCUT2D eigenvalue weighted by atomic mass is 32.2. The summed E-state index contributed by atoms with van der Waals surface area (Å²) >= 11 is 0. The summed E-state index contributed by atoms with van der Waals surface area (Å²) in [5, 5.41) is 3.71. The van der Waals surface area contributed by atoms with Crippen LogP contribution in [0, 0.1) is 5.82 Å². The maximum Gasteiger partial charge on any atom is 0.220 e. The Morgan fingerprint density at radius 1 is 0.906 bits per heavy atom. The number of carbonyl (C=O) groups excluding carboxylic acids is 1. The van der Waals surface area contributed by atoms with E-state index in [1.165, 1.54) is 12.1 Å². The van der Waals surface area contributed by atoms with Crippen LogP contribution in [0.5, 0.6) is 0 Å². The molecule has 0 saturated heterocycles. The van der Waals surface area contributed by atoms with Crippen molar-refractivity contribution >= 4 is 26.6 Å². The SMILES string of the molecule is O=C(CCc1c(-c2ccc(F)cc2)[nH]c2ccccc12)NCCS(=O)(=O)c1ccccc1. The highest BCUT2D eigenvalue weighted by molar-refractivity contribution is 7.91. The van der Waals surface area contributed by atoms with Crippen molar-refractivity contribution < 1.29 is 17.6 Å². The molecule has 3 aromatic carbocycles. The van der Waals surface area contributed by atoms with Crippen molar-refractivity contribution in [3.05, 3.63) is 90.2 Å². The van der Waals surface area contributed by atoms with Gasteiger partial charge in [-0.15, -0.1) is 0 Å². The zero-order valence-electron chi connectivity index (χ0n) is 17.3. The van der Waals surface area contributed by atoms with Crippen molar-refractivity contribution in [2.75, 3.05) is 12.3 Å². The maximum atomic E-state index is 13.4. The van der Waals surface area contributed by atoms with E-state index in [0.29, 0.717) is 6.42 Å². The number of para-hydroxylation sites is 1. The van der Waals surface area contributed by atoms with Crippen LogP contribution >= 0.6 is 0 Å². The topological polar surface area (TPSA) is 79.0 Å². The third kappa shape index (κ3) is 4.89. The maximum absolute atomic E-state index is 13.4. The summed E-state index contributed by atoms with van der Waals surface area (Å²) in [5.41, 5.74) is 3.60. The molecule has 7 heteroatoms. The molecular formula is C25H23FN2O3S. The fourth-order valence-corrected chi connectivity index (χ4v) is 4.90. The van der Waals surface area contributed by atoms with Gasteiger partial charge in [-0.2, -0.15) is 0 Å². The molecule has 2 N–H and O–H groups in total. The van der Waals surface area contributed by atoms with Crippen LogP contribution in [0.2, 0.25) is 0 Å². The molecule has 0 aliphatic heterocycles. The zero-order valence-corrected chi connectivity index (χ0v) is 18.2. The van der Waals surface area contributed by atoms with Gasteiger partial charge in [0.1, 0.15) is 5.82 Å². The molecule has 4 rings (SSSR count). The average molecular weight is 451 g/mol. The van der Waals surface area contributed by atoms with Crippen LogP contribution in [0.3, 0.4) is 0 Å². The van der Waals surface area contributed by atoms with Crippen LogP contribution in [0.25, 0.3) is 22.2 Å². The lowest BCUT2D eigenvalue weighted by molar-refractivity contribution is -0.120. The molecule has 1 amide bonds. The van der Waals surface area contributed by atoms with E-state index in [2.05, 4.69) is 10.3 Å². The zero-order chi connectivity index (χ0) is 22.6. The molecule has 0 saturated carbocycles. The number of aromatic nitrogens is 1. The summed E-state index contributed by atoms with van der Waals surface area (Å²) in [6.07, 6.45) is 0.676. The molecular weight excluding hydrogens is 427 g/mol. The lowest BCUT2D eigenvalue weighted by atomic mass is 10.0. The monoisotopic (exact) mass is 450 g/mol. The van der Waals surface area contributed by atoms with Gasteiger partial charge in [0.05, 0.1) is 10.6 Å². The molecule has 5 nitrogen and oxygen atoms in total. The number of nitrogens with one attached hydrogen (secondary N) is 2. The Labute approximate surface area is 186 Å². The number of carbonyl (C=O) groups is 1. The number of fused-ring (bicyclic) bond motifs is 1. The lowest BCUT2D eigenvalue weighted by Gasteiger charge is -2.08. The molecule has 0 aliphatic carbocycles. The Morgan fingerprint density at radius 3 is 2.34 bits per heavy atom. The Bertz CT molecular complexity index is 1330. The third-order valence-corrected chi connectivity index (χ3v) is 7.08. The Balaban J connectivity index is 1.43. The van der Waals surface area contributed by atoms with E-state index < -0.39 is 9.84 Å². The van der Waals surface area contributed by atoms with E-state index in [4.69, 9.17) is 0 Å². The summed E-state index contributed by atoms with van der Waals surface area (Å²) < 4.78 is 38.1. The van der Waals surface area contributed by atoms with Crippen LogP contribution in [-0.2, 0) is 21.1 Å². The standard InChI is InChI=1S/C25H23FN2O3S/c26-19-12-10-18(11-13-19)25-22(21-8-4-5-9-23(21)28-25)14-15-24(29)27-16-17-32(30,31)20-6-2-1-3-7-20/h1-13,28H,14-17H2,(H,27,29). The van der Waals surface area contributed by atoms with Crippen molar-refractivity contribution in [1.29, 1.82) is 0 Å². The Kier molecular flexibility index (Phi) is 6.37. The average Bonchev–Trinajstić information content (AvgIpc) is 3.17. The number of hydrogen-bond donors (Lipinski definition) is 2. The van der Waals surface area contributed by atoms with Gasteiger partial charge < -0.3 is 10.3 Å². The van der Waals surface area contributed by atoms with Gasteiger partial charge in [0, 0.05) is 29.6 Å². The van der Waals surface area contributed by atoms with Crippen LogP contribution in [0.1, 0.15) is 12.0 Å². The van der Waals surface area contributed by atoms with Gasteiger partial charge in [0.2, 0.25) is 5.91 Å². The molecule has 1 aromatic heterocycles. The van der Waals surface area contributed by atoms with Gasteiger partial charge in [0.25, 0.3) is 0 Å². The van der Waals surface area contributed by atoms with E-state index in [9.17, 15) is 17.6 Å². The van der Waals surface area contributed by atoms with Gasteiger partial charge >= 0.3 is 0 Å². The van der Waals surface area contributed by atoms with E-state index >= 15 is 0 Å². The van der Waals surface area contributed by atoms with Crippen molar-refractivity contribution in [3.63, 3.8) is 0 Å². The normalized spacial score (nSPS) is 11.5. The number of sulfone groups is 1. The summed E-state index contributed by atoms with van der Waals surface area (Å²) in [6.45, 7) is 0.0504. The molecule has 164 valence electrons. The molecule has 0 aliphatic rings. The number of rotatable bonds is 8. The van der Waals surface area contributed by atoms with Crippen LogP contribution < -0.4 is 5.32 Å². The van der Waals surface area contributed by atoms with E-state index in [-0.39, 0.29) is 35.3 Å². The van der Waals surface area contributed by atoms with Gasteiger partial charge in [-0.25, -0.2) is 12.8 Å². The van der Waals surface area contributed by atoms with Crippen LogP contribution in [-0.4, -0.2) is 31.6 Å². The number of H-pyrrole nitrogens is 1. The quantitative estimate of drug-likeness (QED) is 0.415. The van der Waals surface area contributed by atoms with Gasteiger partial charge in [-0.1, -0.05) is 36.4 Å². The molecule has 4 aromatic rings. The Hall–Kier alpha value is -3.45. The number of hydrogen-bond acceptors (Lipinski definition) is 3. The number of aromatic amines is 1. The fraction of sp³-hybridized carbons (Fsp3) is 0.160. The first-order chi connectivity index (χ1) is 15.4. The van der Waals surface area contributed by atoms with Gasteiger partial charge in [-0.05, 0) is 60.0 Å². The molecule has 0 unspecified atom stereocenters. The summed E-state index contributed by atoms with van der Waals surface area (Å²) in [6, 6.07) is 22.2. The molecule has 1 heterocycles. The predicted molar refractivity (Wildman–Crippen MR) is 124 cm³/mol.